The normalized spacial score (nSPS) is 38.4. The largest absolute Gasteiger partial charge is 0.353 e. The van der Waals surface area contributed by atoms with Gasteiger partial charge in [-0.25, -0.2) is 0 Å². The van der Waals surface area contributed by atoms with E-state index in [1.807, 2.05) is 4.90 Å². The van der Waals surface area contributed by atoms with E-state index in [9.17, 15) is 9.59 Å². The van der Waals surface area contributed by atoms with Crippen molar-refractivity contribution in [3.63, 3.8) is 0 Å². The van der Waals surface area contributed by atoms with E-state index in [2.05, 4.69) is 26.1 Å². The molecule has 4 fully saturated rings. The molecule has 1 aliphatic heterocycles. The second-order valence-electron chi connectivity index (χ2n) is 9.55. The monoisotopic (exact) mass is 332 g/mol. The zero-order valence-electron chi connectivity index (χ0n) is 15.4. The molecule has 3 saturated carbocycles. The van der Waals surface area contributed by atoms with E-state index in [-0.39, 0.29) is 17.2 Å². The zero-order valence-corrected chi connectivity index (χ0v) is 15.4. The summed E-state index contributed by atoms with van der Waals surface area (Å²) in [7, 11) is 0. The first-order valence-corrected chi connectivity index (χ1v) is 9.92. The van der Waals surface area contributed by atoms with Gasteiger partial charge in [-0.15, -0.1) is 0 Å². The molecule has 1 saturated heterocycles. The van der Waals surface area contributed by atoms with Crippen molar-refractivity contribution in [3.8, 4) is 0 Å². The second-order valence-corrected chi connectivity index (χ2v) is 9.55. The van der Waals surface area contributed by atoms with Gasteiger partial charge in [0.25, 0.3) is 0 Å². The van der Waals surface area contributed by atoms with E-state index >= 15 is 0 Å². The predicted molar refractivity (Wildman–Crippen MR) is 93.2 cm³/mol. The van der Waals surface area contributed by atoms with Gasteiger partial charge in [0.15, 0.2) is 0 Å². The number of hydrogen-bond acceptors (Lipinski definition) is 2. The Morgan fingerprint density at radius 1 is 0.958 bits per heavy atom. The predicted octanol–water partition coefficient (Wildman–Crippen LogP) is 2.97. The maximum Gasteiger partial charge on any atom is 0.225 e. The number of fused-ring (bicyclic) bond motifs is 2. The van der Waals surface area contributed by atoms with Crippen LogP contribution in [0.5, 0.6) is 0 Å². The van der Waals surface area contributed by atoms with Crippen molar-refractivity contribution in [1.29, 1.82) is 0 Å². The number of carbonyl (C=O) groups excluding carboxylic acids is 2. The van der Waals surface area contributed by atoms with E-state index in [1.54, 1.807) is 0 Å². The number of likely N-dealkylation sites (tertiary alicyclic amines) is 1. The van der Waals surface area contributed by atoms with Gasteiger partial charge in [-0.3, -0.25) is 9.59 Å². The first-order chi connectivity index (χ1) is 11.3. The number of carbonyl (C=O) groups is 2. The topological polar surface area (TPSA) is 49.4 Å². The van der Waals surface area contributed by atoms with Crippen LogP contribution in [0, 0.1) is 28.6 Å². The fraction of sp³-hybridized carbons (Fsp3) is 0.900. The minimum Gasteiger partial charge on any atom is -0.353 e. The standard InChI is InChI=1S/C20H32N2O2/c1-19(2)15-6-9-20(19,3)16(12-15)21-17(23)13-7-10-22(11-8-13)18(24)14-4-5-14/h13-16H,4-12H2,1-3H3,(H,21,23). The molecule has 3 unspecified atom stereocenters. The van der Waals surface area contributed by atoms with E-state index < -0.39 is 0 Å². The van der Waals surface area contributed by atoms with Gasteiger partial charge in [-0.1, -0.05) is 20.8 Å². The van der Waals surface area contributed by atoms with E-state index in [4.69, 9.17) is 0 Å². The summed E-state index contributed by atoms with van der Waals surface area (Å²) >= 11 is 0. The molecule has 4 aliphatic rings. The molecule has 0 aromatic carbocycles. The molecule has 1 N–H and O–H groups in total. The van der Waals surface area contributed by atoms with Crippen LogP contribution in [-0.4, -0.2) is 35.8 Å². The second kappa shape index (κ2) is 5.47. The first-order valence-electron chi connectivity index (χ1n) is 9.92. The van der Waals surface area contributed by atoms with Gasteiger partial charge in [-0.05, 0) is 61.7 Å². The van der Waals surface area contributed by atoms with Gasteiger partial charge >= 0.3 is 0 Å². The van der Waals surface area contributed by atoms with Crippen LogP contribution < -0.4 is 5.32 Å². The highest BCUT2D eigenvalue weighted by atomic mass is 16.2. The molecule has 2 amide bonds. The average molecular weight is 332 g/mol. The minimum atomic E-state index is 0.0964. The highest BCUT2D eigenvalue weighted by molar-refractivity contribution is 5.82. The number of amides is 2. The molecule has 4 rings (SSSR count). The maximum atomic E-state index is 12.8. The van der Waals surface area contributed by atoms with Crippen molar-refractivity contribution in [2.45, 2.75) is 71.8 Å². The maximum absolute atomic E-state index is 12.8. The summed E-state index contributed by atoms with van der Waals surface area (Å²) in [6, 6.07) is 0.338. The van der Waals surface area contributed by atoms with Crippen molar-refractivity contribution in [3.05, 3.63) is 0 Å². The van der Waals surface area contributed by atoms with Gasteiger partial charge in [-0.2, -0.15) is 0 Å². The van der Waals surface area contributed by atoms with Crippen molar-refractivity contribution in [2.75, 3.05) is 13.1 Å². The Labute approximate surface area is 145 Å². The van der Waals surface area contributed by atoms with Crippen molar-refractivity contribution < 1.29 is 9.59 Å². The van der Waals surface area contributed by atoms with Gasteiger partial charge in [0.05, 0.1) is 0 Å². The van der Waals surface area contributed by atoms with Crippen LogP contribution in [0.4, 0.5) is 0 Å². The lowest BCUT2D eigenvalue weighted by Gasteiger charge is -2.40. The number of hydrogen-bond donors (Lipinski definition) is 1. The highest BCUT2D eigenvalue weighted by Gasteiger charge is 2.61. The Kier molecular flexibility index (Phi) is 3.74. The van der Waals surface area contributed by atoms with Gasteiger partial charge in [0, 0.05) is 31.0 Å². The highest BCUT2D eigenvalue weighted by Crippen LogP contribution is 2.65. The Morgan fingerprint density at radius 3 is 2.12 bits per heavy atom. The molecule has 4 heteroatoms. The lowest BCUT2D eigenvalue weighted by atomic mass is 9.69. The zero-order chi connectivity index (χ0) is 17.1. The van der Waals surface area contributed by atoms with Gasteiger partial charge in [0.2, 0.25) is 11.8 Å². The van der Waals surface area contributed by atoms with Gasteiger partial charge in [0.1, 0.15) is 0 Å². The average Bonchev–Trinajstić information content (AvgIpc) is 3.35. The quantitative estimate of drug-likeness (QED) is 0.864. The molecule has 134 valence electrons. The number of nitrogens with zero attached hydrogens (tertiary/aromatic N) is 1. The summed E-state index contributed by atoms with van der Waals surface area (Å²) in [5.41, 5.74) is 0.584. The molecule has 0 radical (unpaired) electrons. The van der Waals surface area contributed by atoms with E-state index in [0.29, 0.717) is 23.3 Å². The van der Waals surface area contributed by atoms with Crippen LogP contribution in [0.2, 0.25) is 0 Å². The van der Waals surface area contributed by atoms with Crippen molar-refractivity contribution in [1.82, 2.24) is 10.2 Å². The molecule has 0 spiro atoms. The summed E-state index contributed by atoms with van der Waals surface area (Å²) in [5.74, 6) is 1.72. The lowest BCUT2D eigenvalue weighted by molar-refractivity contribution is -0.137. The third kappa shape index (κ3) is 2.40. The van der Waals surface area contributed by atoms with Crippen molar-refractivity contribution >= 4 is 11.8 Å². The van der Waals surface area contributed by atoms with E-state index in [1.165, 1.54) is 12.8 Å². The Bertz CT molecular complexity index is 546. The summed E-state index contributed by atoms with van der Waals surface area (Å²) in [6.45, 7) is 8.69. The molecule has 3 aliphatic carbocycles. The van der Waals surface area contributed by atoms with Crippen LogP contribution in [0.25, 0.3) is 0 Å². The Balaban J connectivity index is 1.32. The third-order valence-electron chi connectivity index (χ3n) is 8.21. The molecule has 1 heterocycles. The molecule has 3 atom stereocenters. The van der Waals surface area contributed by atoms with Crippen LogP contribution in [0.1, 0.15) is 65.7 Å². The molecule has 0 aromatic heterocycles. The van der Waals surface area contributed by atoms with E-state index in [0.717, 1.165) is 51.1 Å². The molecule has 24 heavy (non-hydrogen) atoms. The fourth-order valence-corrected chi connectivity index (χ4v) is 5.66. The van der Waals surface area contributed by atoms with Crippen LogP contribution >= 0.6 is 0 Å². The Morgan fingerprint density at radius 2 is 1.62 bits per heavy atom. The van der Waals surface area contributed by atoms with Gasteiger partial charge < -0.3 is 10.2 Å². The number of nitrogens with one attached hydrogen (secondary N) is 1. The molecule has 4 nitrogen and oxygen atoms in total. The summed E-state index contributed by atoms with van der Waals surface area (Å²) in [6.07, 6.45) is 7.50. The number of rotatable bonds is 3. The Hall–Kier alpha value is -1.06. The molecule has 0 aromatic rings. The first kappa shape index (κ1) is 16.4. The lowest BCUT2D eigenvalue weighted by Crippen LogP contribution is -2.50. The SMILES string of the molecule is CC1(C)C2CCC1(C)C(NC(=O)C1CCN(C(=O)C3CC3)CC1)C2. The minimum absolute atomic E-state index is 0.0964. The number of piperidine rings is 1. The summed E-state index contributed by atoms with van der Waals surface area (Å²) < 4.78 is 0. The third-order valence-corrected chi connectivity index (χ3v) is 8.21. The van der Waals surface area contributed by atoms with Crippen molar-refractivity contribution in [2.24, 2.45) is 28.6 Å². The van der Waals surface area contributed by atoms with Crippen LogP contribution in [-0.2, 0) is 9.59 Å². The molecule has 2 bridgehead atoms. The van der Waals surface area contributed by atoms with Crippen LogP contribution in [0.15, 0.2) is 0 Å². The van der Waals surface area contributed by atoms with Crippen LogP contribution in [0.3, 0.4) is 0 Å². The summed E-state index contributed by atoms with van der Waals surface area (Å²) in [5, 5.41) is 3.41. The fourth-order valence-electron chi connectivity index (χ4n) is 5.66. The summed E-state index contributed by atoms with van der Waals surface area (Å²) in [4.78, 5) is 26.9. The molecular formula is C20H32N2O2. The molecular weight excluding hydrogens is 300 g/mol. The smallest absolute Gasteiger partial charge is 0.225 e.